The quantitative estimate of drug-likeness (QED) is 0.858. The van der Waals surface area contributed by atoms with Gasteiger partial charge < -0.3 is 10.2 Å². The maximum atomic E-state index is 6.25. The Hall–Kier alpha value is -1.58. The molecule has 21 heavy (non-hydrogen) atoms. The minimum absolute atomic E-state index is 0.405. The molecule has 0 bridgehead atoms. The van der Waals surface area contributed by atoms with Crippen molar-refractivity contribution >= 4 is 23.1 Å². The molecule has 0 spiro atoms. The van der Waals surface area contributed by atoms with Crippen LogP contribution in [-0.2, 0) is 6.54 Å². The number of nitrogens with zero attached hydrogens (tertiary/aromatic N) is 2. The van der Waals surface area contributed by atoms with Gasteiger partial charge in [-0.3, -0.25) is 0 Å². The Morgan fingerprint density at radius 1 is 1.14 bits per heavy atom. The lowest BCUT2D eigenvalue weighted by molar-refractivity contribution is 0.581. The summed E-state index contributed by atoms with van der Waals surface area (Å²) in [5.74, 6) is 0.925. The topological polar surface area (TPSA) is 28.2 Å². The number of pyridine rings is 1. The summed E-state index contributed by atoms with van der Waals surface area (Å²) in [7, 11) is 0. The first-order valence-corrected chi connectivity index (χ1v) is 7.71. The van der Waals surface area contributed by atoms with Crippen molar-refractivity contribution in [2.45, 2.75) is 33.4 Å². The Balaban J connectivity index is 2.28. The zero-order valence-corrected chi connectivity index (χ0v) is 13.6. The standard InChI is InChI=1S/C17H22ClN3/c1-4-21(14-8-6-5-7-9-14)17-11-10-15(18)16(20-17)12-19-13(2)3/h5-11,13,19H,4,12H2,1-3H3. The molecule has 3 nitrogen and oxygen atoms in total. The summed E-state index contributed by atoms with van der Waals surface area (Å²) in [5.41, 5.74) is 2.02. The highest BCUT2D eigenvalue weighted by atomic mass is 35.5. The molecule has 0 atom stereocenters. The molecule has 1 heterocycles. The van der Waals surface area contributed by atoms with Gasteiger partial charge in [-0.05, 0) is 31.2 Å². The molecule has 2 rings (SSSR count). The average Bonchev–Trinajstić information content (AvgIpc) is 2.49. The van der Waals surface area contributed by atoms with Crippen LogP contribution in [0.2, 0.25) is 5.02 Å². The molecular weight excluding hydrogens is 282 g/mol. The van der Waals surface area contributed by atoms with E-state index >= 15 is 0 Å². The first-order valence-electron chi connectivity index (χ1n) is 7.33. The van der Waals surface area contributed by atoms with Gasteiger partial charge in [0.1, 0.15) is 5.82 Å². The largest absolute Gasteiger partial charge is 0.327 e. The molecule has 0 saturated heterocycles. The second kappa shape index (κ2) is 7.43. The summed E-state index contributed by atoms with van der Waals surface area (Å²) >= 11 is 6.25. The van der Waals surface area contributed by atoms with Crippen molar-refractivity contribution in [2.75, 3.05) is 11.4 Å². The molecule has 112 valence electrons. The van der Waals surface area contributed by atoms with Gasteiger partial charge in [0, 0.05) is 24.8 Å². The van der Waals surface area contributed by atoms with Crippen molar-refractivity contribution < 1.29 is 0 Å². The molecule has 0 amide bonds. The van der Waals surface area contributed by atoms with Crippen LogP contribution in [-0.4, -0.2) is 17.6 Å². The van der Waals surface area contributed by atoms with Crippen molar-refractivity contribution in [3.63, 3.8) is 0 Å². The molecule has 0 unspecified atom stereocenters. The van der Waals surface area contributed by atoms with Gasteiger partial charge in [0.2, 0.25) is 0 Å². The van der Waals surface area contributed by atoms with Crippen molar-refractivity contribution in [2.24, 2.45) is 0 Å². The molecule has 1 aromatic heterocycles. The molecule has 1 aromatic carbocycles. The summed E-state index contributed by atoms with van der Waals surface area (Å²) in [5, 5.41) is 4.07. The third-order valence-corrected chi connectivity index (χ3v) is 3.59. The molecular formula is C17H22ClN3. The first kappa shape index (κ1) is 15.8. The zero-order valence-electron chi connectivity index (χ0n) is 12.8. The van der Waals surface area contributed by atoms with Crippen molar-refractivity contribution in [3.05, 3.63) is 53.2 Å². The van der Waals surface area contributed by atoms with Gasteiger partial charge in [-0.1, -0.05) is 43.6 Å². The molecule has 0 saturated carbocycles. The normalized spacial score (nSPS) is 10.9. The maximum absolute atomic E-state index is 6.25. The number of rotatable bonds is 6. The Labute approximate surface area is 132 Å². The average molecular weight is 304 g/mol. The molecule has 4 heteroatoms. The van der Waals surface area contributed by atoms with Crippen molar-refractivity contribution in [3.8, 4) is 0 Å². The summed E-state index contributed by atoms with van der Waals surface area (Å²) in [6.45, 7) is 7.88. The molecule has 0 radical (unpaired) electrons. The van der Waals surface area contributed by atoms with Crippen molar-refractivity contribution in [1.29, 1.82) is 0 Å². The fourth-order valence-electron chi connectivity index (χ4n) is 2.13. The van der Waals surface area contributed by atoms with Gasteiger partial charge in [-0.15, -0.1) is 0 Å². The highest BCUT2D eigenvalue weighted by molar-refractivity contribution is 6.31. The van der Waals surface area contributed by atoms with Gasteiger partial charge >= 0.3 is 0 Å². The third-order valence-electron chi connectivity index (χ3n) is 3.24. The minimum Gasteiger partial charge on any atom is -0.327 e. The Morgan fingerprint density at radius 3 is 2.48 bits per heavy atom. The van der Waals surface area contributed by atoms with Crippen LogP contribution >= 0.6 is 11.6 Å². The molecule has 1 N–H and O–H groups in total. The fraction of sp³-hybridized carbons (Fsp3) is 0.353. The minimum atomic E-state index is 0.405. The highest BCUT2D eigenvalue weighted by Gasteiger charge is 2.11. The predicted molar refractivity (Wildman–Crippen MR) is 90.3 cm³/mol. The second-order valence-corrected chi connectivity index (χ2v) is 5.62. The van der Waals surface area contributed by atoms with E-state index in [4.69, 9.17) is 16.6 Å². The monoisotopic (exact) mass is 303 g/mol. The molecule has 0 aliphatic heterocycles. The van der Waals surface area contributed by atoms with E-state index in [9.17, 15) is 0 Å². The van der Waals surface area contributed by atoms with Crippen molar-refractivity contribution in [1.82, 2.24) is 10.3 Å². The summed E-state index contributed by atoms with van der Waals surface area (Å²) in [6.07, 6.45) is 0. The van der Waals surface area contributed by atoms with Gasteiger partial charge in [0.25, 0.3) is 0 Å². The number of halogens is 1. The van der Waals surface area contributed by atoms with Gasteiger partial charge in [-0.2, -0.15) is 0 Å². The van der Waals surface area contributed by atoms with E-state index in [1.807, 2.05) is 30.3 Å². The summed E-state index contributed by atoms with van der Waals surface area (Å²) in [6, 6.07) is 14.6. The molecule has 0 aliphatic carbocycles. The number of hydrogen-bond donors (Lipinski definition) is 1. The second-order valence-electron chi connectivity index (χ2n) is 5.21. The van der Waals surface area contributed by atoms with E-state index in [1.165, 1.54) is 0 Å². The molecule has 0 fully saturated rings. The Bertz CT molecular complexity index is 570. The van der Waals surface area contributed by atoms with Crippen LogP contribution in [0.4, 0.5) is 11.5 Å². The van der Waals surface area contributed by atoms with Gasteiger partial charge in [-0.25, -0.2) is 4.98 Å². The number of anilines is 2. The predicted octanol–water partition coefficient (Wildman–Crippen LogP) is 4.39. The number of hydrogen-bond acceptors (Lipinski definition) is 3. The Morgan fingerprint density at radius 2 is 1.86 bits per heavy atom. The lowest BCUT2D eigenvalue weighted by atomic mass is 10.2. The molecule has 0 aliphatic rings. The number of nitrogens with one attached hydrogen (secondary N) is 1. The lowest BCUT2D eigenvalue weighted by Crippen LogP contribution is -2.23. The number of para-hydroxylation sites is 1. The van der Waals surface area contributed by atoms with Crippen LogP contribution in [0.15, 0.2) is 42.5 Å². The van der Waals surface area contributed by atoms with E-state index in [1.54, 1.807) is 0 Å². The van der Waals surface area contributed by atoms with E-state index in [2.05, 4.69) is 43.1 Å². The Kier molecular flexibility index (Phi) is 5.59. The van der Waals surface area contributed by atoms with Gasteiger partial charge in [0.05, 0.1) is 10.7 Å². The van der Waals surface area contributed by atoms with E-state index in [-0.39, 0.29) is 0 Å². The van der Waals surface area contributed by atoms with Gasteiger partial charge in [0.15, 0.2) is 0 Å². The highest BCUT2D eigenvalue weighted by Crippen LogP contribution is 2.25. The third kappa shape index (κ3) is 4.19. The maximum Gasteiger partial charge on any atom is 0.133 e. The molecule has 2 aromatic rings. The lowest BCUT2D eigenvalue weighted by Gasteiger charge is -2.23. The van der Waals surface area contributed by atoms with Crippen LogP contribution in [0.3, 0.4) is 0 Å². The zero-order chi connectivity index (χ0) is 15.2. The van der Waals surface area contributed by atoms with Crippen LogP contribution in [0.1, 0.15) is 26.5 Å². The van der Waals surface area contributed by atoms with E-state index in [0.29, 0.717) is 17.6 Å². The SMILES string of the molecule is CCN(c1ccccc1)c1ccc(Cl)c(CNC(C)C)n1. The van der Waals surface area contributed by atoms with Crippen LogP contribution in [0.25, 0.3) is 0 Å². The van der Waals surface area contributed by atoms with Crippen LogP contribution in [0.5, 0.6) is 0 Å². The van der Waals surface area contributed by atoms with E-state index < -0.39 is 0 Å². The number of aromatic nitrogens is 1. The summed E-state index contributed by atoms with van der Waals surface area (Å²) < 4.78 is 0. The first-order chi connectivity index (χ1) is 10.1. The van der Waals surface area contributed by atoms with Crippen LogP contribution < -0.4 is 10.2 Å². The van der Waals surface area contributed by atoms with E-state index in [0.717, 1.165) is 23.7 Å². The smallest absolute Gasteiger partial charge is 0.133 e. The summed E-state index contributed by atoms with van der Waals surface area (Å²) in [4.78, 5) is 6.90. The number of benzene rings is 1. The fourth-order valence-corrected chi connectivity index (χ4v) is 2.30. The van der Waals surface area contributed by atoms with Crippen LogP contribution in [0, 0.1) is 0 Å².